The number of alkyl halides is 2. The van der Waals surface area contributed by atoms with Gasteiger partial charge in [0.1, 0.15) is 5.75 Å². The summed E-state index contributed by atoms with van der Waals surface area (Å²) in [5.74, 6) is 0.156. The highest BCUT2D eigenvalue weighted by Crippen LogP contribution is 2.29. The minimum absolute atomic E-state index is 0.00766. The van der Waals surface area contributed by atoms with Crippen LogP contribution in [0.3, 0.4) is 0 Å². The summed E-state index contributed by atoms with van der Waals surface area (Å²) in [6.45, 7) is 3.27. The Balaban J connectivity index is 2.19. The Morgan fingerprint density at radius 3 is 2.38 bits per heavy atom. The summed E-state index contributed by atoms with van der Waals surface area (Å²) in [5.41, 5.74) is 4.10. The molecule has 0 aliphatic rings. The van der Waals surface area contributed by atoms with Crippen LogP contribution in [-0.2, 0) is 0 Å². The molecule has 0 bridgehead atoms. The maximum atomic E-state index is 12.4. The summed E-state index contributed by atoms with van der Waals surface area (Å²) < 4.78 is 29.3. The number of para-hydroxylation sites is 2. The van der Waals surface area contributed by atoms with Crippen molar-refractivity contribution in [2.24, 2.45) is 0 Å². The number of benzene rings is 2. The molecular weight excluding hydrogens is 272 g/mol. The van der Waals surface area contributed by atoms with Crippen LogP contribution in [0.5, 0.6) is 5.75 Å². The molecule has 0 heterocycles. The molecule has 0 saturated carbocycles. The number of aryl methyl sites for hydroxylation is 2. The van der Waals surface area contributed by atoms with Gasteiger partial charge in [-0.25, -0.2) is 0 Å². The lowest BCUT2D eigenvalue weighted by atomic mass is 10.0. The molecule has 21 heavy (non-hydrogen) atoms. The number of anilines is 1. The van der Waals surface area contributed by atoms with E-state index in [1.807, 2.05) is 13.0 Å². The molecule has 2 aromatic rings. The number of ether oxygens (including phenoxy) is 1. The highest BCUT2D eigenvalue weighted by Gasteiger charge is 2.12. The first-order valence-corrected chi connectivity index (χ1v) is 6.85. The predicted molar refractivity (Wildman–Crippen MR) is 81.0 cm³/mol. The number of hydrogen-bond acceptors (Lipinski definition) is 2. The van der Waals surface area contributed by atoms with Gasteiger partial charge in [0.15, 0.2) is 0 Å². The zero-order valence-electron chi connectivity index (χ0n) is 12.4. The zero-order chi connectivity index (χ0) is 15.4. The van der Waals surface area contributed by atoms with E-state index < -0.39 is 6.61 Å². The van der Waals surface area contributed by atoms with E-state index in [4.69, 9.17) is 0 Å². The van der Waals surface area contributed by atoms with Crippen molar-refractivity contribution in [3.8, 4) is 5.75 Å². The summed E-state index contributed by atoms with van der Waals surface area (Å²) >= 11 is 0. The third-order valence-electron chi connectivity index (χ3n) is 3.51. The fraction of sp³-hybridized carbons (Fsp3) is 0.294. The van der Waals surface area contributed by atoms with Gasteiger partial charge in [0.2, 0.25) is 0 Å². The topological polar surface area (TPSA) is 21.3 Å². The normalized spacial score (nSPS) is 12.3. The van der Waals surface area contributed by atoms with Crippen LogP contribution >= 0.6 is 0 Å². The molecular formula is C17H19F2NO. The van der Waals surface area contributed by atoms with Gasteiger partial charge >= 0.3 is 6.61 Å². The highest BCUT2D eigenvalue weighted by atomic mass is 19.3. The molecule has 112 valence electrons. The monoisotopic (exact) mass is 291 g/mol. The maximum absolute atomic E-state index is 12.4. The van der Waals surface area contributed by atoms with Gasteiger partial charge in [-0.15, -0.1) is 0 Å². The van der Waals surface area contributed by atoms with E-state index in [0.29, 0.717) is 5.69 Å². The van der Waals surface area contributed by atoms with Gasteiger partial charge in [0, 0.05) is 6.04 Å². The van der Waals surface area contributed by atoms with Crippen LogP contribution in [0.25, 0.3) is 0 Å². The van der Waals surface area contributed by atoms with Crippen molar-refractivity contribution in [1.82, 2.24) is 0 Å². The fourth-order valence-electron chi connectivity index (χ4n) is 2.14. The van der Waals surface area contributed by atoms with E-state index in [2.05, 4.69) is 36.0 Å². The Labute approximate surface area is 123 Å². The van der Waals surface area contributed by atoms with Crippen LogP contribution in [0.2, 0.25) is 0 Å². The lowest BCUT2D eigenvalue weighted by Gasteiger charge is -2.19. The van der Waals surface area contributed by atoms with Crippen molar-refractivity contribution in [2.75, 3.05) is 5.32 Å². The molecule has 0 aliphatic heterocycles. The van der Waals surface area contributed by atoms with Gasteiger partial charge in [0.05, 0.1) is 5.69 Å². The number of halogens is 2. The van der Waals surface area contributed by atoms with E-state index in [-0.39, 0.29) is 11.8 Å². The molecule has 2 aromatic carbocycles. The molecule has 1 N–H and O–H groups in total. The first-order valence-electron chi connectivity index (χ1n) is 6.85. The third-order valence-corrected chi connectivity index (χ3v) is 3.51. The maximum Gasteiger partial charge on any atom is 0.387 e. The fourth-order valence-corrected chi connectivity index (χ4v) is 2.14. The molecule has 1 atom stereocenters. The smallest absolute Gasteiger partial charge is 0.387 e. The zero-order valence-corrected chi connectivity index (χ0v) is 12.4. The Kier molecular flexibility index (Phi) is 4.78. The van der Waals surface area contributed by atoms with Gasteiger partial charge in [-0.05, 0) is 49.6 Å². The Hall–Kier alpha value is -2.10. The predicted octanol–water partition coefficient (Wildman–Crippen LogP) is 5.08. The molecule has 2 nitrogen and oxygen atoms in total. The van der Waals surface area contributed by atoms with E-state index in [0.717, 1.165) is 5.56 Å². The van der Waals surface area contributed by atoms with Gasteiger partial charge in [-0.2, -0.15) is 8.78 Å². The second-order valence-electron chi connectivity index (χ2n) is 5.08. The minimum atomic E-state index is -2.83. The molecule has 4 heteroatoms. The summed E-state index contributed by atoms with van der Waals surface area (Å²) in [5, 5.41) is 3.22. The van der Waals surface area contributed by atoms with E-state index in [1.165, 1.54) is 17.2 Å². The molecule has 2 rings (SSSR count). The summed E-state index contributed by atoms with van der Waals surface area (Å²) in [4.78, 5) is 0. The standard InChI is InChI=1S/C17H19F2NO/c1-11-8-9-14(10-12(11)2)13(3)20-15-6-4-5-7-16(15)21-17(18)19/h4-10,13,17,20H,1-3H3. The lowest BCUT2D eigenvalue weighted by Crippen LogP contribution is -2.10. The SMILES string of the molecule is Cc1ccc(C(C)Nc2ccccc2OC(F)F)cc1C. The quantitative estimate of drug-likeness (QED) is 0.829. The minimum Gasteiger partial charge on any atom is -0.433 e. The number of hydrogen-bond donors (Lipinski definition) is 1. The van der Waals surface area contributed by atoms with Crippen molar-refractivity contribution in [3.63, 3.8) is 0 Å². The summed E-state index contributed by atoms with van der Waals surface area (Å²) in [6.07, 6.45) is 0. The molecule has 0 aliphatic carbocycles. The average molecular weight is 291 g/mol. The van der Waals surface area contributed by atoms with Crippen LogP contribution in [0, 0.1) is 13.8 Å². The van der Waals surface area contributed by atoms with Gasteiger partial charge in [0.25, 0.3) is 0 Å². The molecule has 0 saturated heterocycles. The third kappa shape index (κ3) is 3.94. The van der Waals surface area contributed by atoms with Crippen LogP contribution < -0.4 is 10.1 Å². The van der Waals surface area contributed by atoms with Crippen molar-refractivity contribution in [3.05, 3.63) is 59.2 Å². The van der Waals surface area contributed by atoms with Gasteiger partial charge in [-0.3, -0.25) is 0 Å². The van der Waals surface area contributed by atoms with Crippen molar-refractivity contribution >= 4 is 5.69 Å². The molecule has 1 unspecified atom stereocenters. The Morgan fingerprint density at radius 1 is 1.00 bits per heavy atom. The van der Waals surface area contributed by atoms with Crippen molar-refractivity contribution < 1.29 is 13.5 Å². The van der Waals surface area contributed by atoms with Gasteiger partial charge in [-0.1, -0.05) is 30.3 Å². The number of rotatable bonds is 5. The number of nitrogens with one attached hydrogen (secondary N) is 1. The highest BCUT2D eigenvalue weighted by molar-refractivity contribution is 5.57. The van der Waals surface area contributed by atoms with Crippen LogP contribution in [0.1, 0.15) is 29.7 Å². The van der Waals surface area contributed by atoms with Gasteiger partial charge < -0.3 is 10.1 Å². The summed E-state index contributed by atoms with van der Waals surface area (Å²) in [6, 6.07) is 12.9. The molecule has 0 spiro atoms. The largest absolute Gasteiger partial charge is 0.433 e. The first kappa shape index (κ1) is 15.3. The average Bonchev–Trinajstić information content (AvgIpc) is 2.43. The van der Waals surface area contributed by atoms with Crippen LogP contribution in [-0.4, -0.2) is 6.61 Å². The van der Waals surface area contributed by atoms with E-state index in [1.54, 1.807) is 18.2 Å². The first-order chi connectivity index (χ1) is 9.97. The molecule has 0 radical (unpaired) electrons. The lowest BCUT2D eigenvalue weighted by molar-refractivity contribution is -0.0493. The second kappa shape index (κ2) is 6.57. The van der Waals surface area contributed by atoms with E-state index in [9.17, 15) is 8.78 Å². The van der Waals surface area contributed by atoms with Crippen LogP contribution in [0.15, 0.2) is 42.5 Å². The second-order valence-corrected chi connectivity index (χ2v) is 5.08. The van der Waals surface area contributed by atoms with E-state index >= 15 is 0 Å². The van der Waals surface area contributed by atoms with Crippen LogP contribution in [0.4, 0.5) is 14.5 Å². The molecule has 0 aromatic heterocycles. The van der Waals surface area contributed by atoms with Crippen molar-refractivity contribution in [1.29, 1.82) is 0 Å². The summed E-state index contributed by atoms with van der Waals surface area (Å²) in [7, 11) is 0. The molecule has 0 fully saturated rings. The van der Waals surface area contributed by atoms with Crippen molar-refractivity contribution in [2.45, 2.75) is 33.4 Å². The molecule has 0 amide bonds. The Morgan fingerprint density at radius 2 is 1.71 bits per heavy atom. The Bertz CT molecular complexity index is 613.